The molecule has 0 fully saturated rings. The highest BCUT2D eigenvalue weighted by Gasteiger charge is 2.12. The van der Waals surface area contributed by atoms with Crippen LogP contribution in [0.1, 0.15) is 5.56 Å². The lowest BCUT2D eigenvalue weighted by Crippen LogP contribution is -2.30. The summed E-state index contributed by atoms with van der Waals surface area (Å²) in [5.41, 5.74) is 0.949. The number of benzene rings is 1. The minimum absolute atomic E-state index is 0.274. The topological polar surface area (TPSA) is 67.4 Å². The van der Waals surface area contributed by atoms with E-state index in [2.05, 4.69) is 15.5 Å². The van der Waals surface area contributed by atoms with E-state index in [-0.39, 0.29) is 6.03 Å². The van der Waals surface area contributed by atoms with Gasteiger partial charge in [-0.1, -0.05) is 28.8 Å². The molecular weight excluding hydrogens is 300 g/mol. The van der Waals surface area contributed by atoms with Gasteiger partial charge in [-0.15, -0.1) is 5.10 Å². The zero-order chi connectivity index (χ0) is 14.5. The highest BCUT2D eigenvalue weighted by molar-refractivity contribution is 7.17. The van der Waals surface area contributed by atoms with Crippen molar-refractivity contribution in [2.24, 2.45) is 0 Å². The van der Waals surface area contributed by atoms with E-state index in [1.807, 2.05) is 18.2 Å². The number of amides is 2. The smallest absolute Gasteiger partial charge is 0.323 e. The molecule has 6 nitrogen and oxygen atoms in total. The SMILES string of the molecule is COc1nnc(NC(=O)N(C)Cc2cccc(Cl)c2)s1. The second kappa shape index (κ2) is 6.53. The van der Waals surface area contributed by atoms with Crippen molar-refractivity contribution in [2.45, 2.75) is 6.54 Å². The number of hydrogen-bond donors (Lipinski definition) is 1. The summed E-state index contributed by atoms with van der Waals surface area (Å²) in [5, 5.41) is 11.6. The van der Waals surface area contributed by atoms with Gasteiger partial charge in [0, 0.05) is 18.6 Å². The molecule has 20 heavy (non-hydrogen) atoms. The maximum Gasteiger partial charge on any atom is 0.323 e. The van der Waals surface area contributed by atoms with Crippen LogP contribution in [0.4, 0.5) is 9.93 Å². The predicted molar refractivity (Wildman–Crippen MR) is 78.4 cm³/mol. The summed E-state index contributed by atoms with van der Waals surface area (Å²) in [6.45, 7) is 0.447. The Morgan fingerprint density at radius 2 is 2.30 bits per heavy atom. The fourth-order valence-electron chi connectivity index (χ4n) is 1.51. The predicted octanol–water partition coefficient (Wildman–Crippen LogP) is 2.86. The average Bonchev–Trinajstić information content (AvgIpc) is 2.86. The van der Waals surface area contributed by atoms with Crippen LogP contribution >= 0.6 is 22.9 Å². The maximum absolute atomic E-state index is 12.0. The largest absolute Gasteiger partial charge is 0.472 e. The van der Waals surface area contributed by atoms with Crippen LogP contribution in [-0.4, -0.2) is 35.3 Å². The molecule has 0 unspecified atom stereocenters. The molecule has 1 heterocycles. The van der Waals surface area contributed by atoms with Crippen LogP contribution in [0.2, 0.25) is 5.02 Å². The number of anilines is 1. The summed E-state index contributed by atoms with van der Waals surface area (Å²) in [5.74, 6) is 0. The van der Waals surface area contributed by atoms with Crippen LogP contribution in [0, 0.1) is 0 Å². The molecule has 2 aromatic rings. The molecule has 0 radical (unpaired) electrons. The van der Waals surface area contributed by atoms with E-state index >= 15 is 0 Å². The zero-order valence-electron chi connectivity index (χ0n) is 11.0. The van der Waals surface area contributed by atoms with Crippen molar-refractivity contribution in [1.82, 2.24) is 15.1 Å². The number of ether oxygens (including phenoxy) is 1. The number of halogens is 1. The van der Waals surface area contributed by atoms with Crippen molar-refractivity contribution >= 4 is 34.1 Å². The van der Waals surface area contributed by atoms with Gasteiger partial charge < -0.3 is 9.64 Å². The lowest BCUT2D eigenvalue weighted by atomic mass is 10.2. The van der Waals surface area contributed by atoms with Gasteiger partial charge >= 0.3 is 6.03 Å². The van der Waals surface area contributed by atoms with Gasteiger partial charge in [-0.3, -0.25) is 5.32 Å². The molecule has 0 spiro atoms. The summed E-state index contributed by atoms with van der Waals surface area (Å²) < 4.78 is 4.91. The summed E-state index contributed by atoms with van der Waals surface area (Å²) in [6.07, 6.45) is 0. The van der Waals surface area contributed by atoms with Crippen LogP contribution in [0.5, 0.6) is 5.19 Å². The van der Waals surface area contributed by atoms with Gasteiger partial charge in [0.2, 0.25) is 5.13 Å². The number of methoxy groups -OCH3 is 1. The molecule has 2 rings (SSSR count). The summed E-state index contributed by atoms with van der Waals surface area (Å²) in [4.78, 5) is 13.5. The fraction of sp³-hybridized carbons (Fsp3) is 0.250. The van der Waals surface area contributed by atoms with E-state index in [9.17, 15) is 4.79 Å². The van der Waals surface area contributed by atoms with Crippen molar-refractivity contribution in [1.29, 1.82) is 0 Å². The maximum atomic E-state index is 12.0. The first-order chi connectivity index (χ1) is 9.58. The Balaban J connectivity index is 1.95. The molecule has 106 valence electrons. The number of aromatic nitrogens is 2. The Kier molecular flexibility index (Phi) is 4.75. The standard InChI is InChI=1S/C12H13ClN4O2S/c1-17(7-8-4-3-5-9(13)6-8)11(18)14-10-15-16-12(19-2)20-10/h3-6H,7H2,1-2H3,(H,14,15,18). The van der Waals surface area contributed by atoms with Crippen molar-refractivity contribution in [3.63, 3.8) is 0 Å². The lowest BCUT2D eigenvalue weighted by molar-refractivity contribution is 0.220. The van der Waals surface area contributed by atoms with Crippen LogP contribution in [-0.2, 0) is 6.54 Å². The van der Waals surface area contributed by atoms with Gasteiger partial charge in [-0.25, -0.2) is 4.79 Å². The first-order valence-electron chi connectivity index (χ1n) is 5.72. The fourth-order valence-corrected chi connectivity index (χ4v) is 2.27. The summed E-state index contributed by atoms with van der Waals surface area (Å²) >= 11 is 7.07. The highest BCUT2D eigenvalue weighted by atomic mass is 35.5. The Bertz CT molecular complexity index is 605. The molecule has 0 aliphatic heterocycles. The average molecular weight is 313 g/mol. The molecular formula is C12H13ClN4O2S. The molecule has 0 saturated carbocycles. The van der Waals surface area contributed by atoms with Gasteiger partial charge in [0.15, 0.2) is 0 Å². The second-order valence-electron chi connectivity index (χ2n) is 3.99. The number of carbonyl (C=O) groups is 1. The molecule has 1 N–H and O–H groups in total. The number of hydrogen-bond acceptors (Lipinski definition) is 5. The minimum atomic E-state index is -0.274. The third kappa shape index (κ3) is 3.82. The van der Waals surface area contributed by atoms with Gasteiger partial charge in [-0.05, 0) is 29.0 Å². The van der Waals surface area contributed by atoms with Gasteiger partial charge in [-0.2, -0.15) is 0 Å². The number of carbonyl (C=O) groups excluding carboxylic acids is 1. The third-order valence-electron chi connectivity index (χ3n) is 2.45. The number of urea groups is 1. The summed E-state index contributed by atoms with van der Waals surface area (Å²) in [7, 11) is 3.19. The molecule has 0 bridgehead atoms. The first kappa shape index (κ1) is 14.5. The van der Waals surface area contributed by atoms with Crippen LogP contribution in [0.25, 0.3) is 0 Å². The van der Waals surface area contributed by atoms with E-state index in [1.54, 1.807) is 13.1 Å². The van der Waals surface area contributed by atoms with Crippen molar-refractivity contribution < 1.29 is 9.53 Å². The second-order valence-corrected chi connectivity index (χ2v) is 5.37. The summed E-state index contributed by atoms with van der Waals surface area (Å²) in [6, 6.07) is 7.09. The van der Waals surface area contributed by atoms with E-state index in [1.165, 1.54) is 12.0 Å². The van der Waals surface area contributed by atoms with Crippen LogP contribution in [0.15, 0.2) is 24.3 Å². The Hall–Kier alpha value is -1.86. The molecule has 0 atom stereocenters. The van der Waals surface area contributed by atoms with Gasteiger partial charge in [0.25, 0.3) is 5.19 Å². The molecule has 0 aliphatic rings. The van der Waals surface area contributed by atoms with E-state index in [0.29, 0.717) is 21.9 Å². The normalized spacial score (nSPS) is 10.2. The number of nitrogens with zero attached hydrogens (tertiary/aromatic N) is 3. The van der Waals surface area contributed by atoms with E-state index in [0.717, 1.165) is 16.9 Å². The first-order valence-corrected chi connectivity index (χ1v) is 6.92. The van der Waals surface area contributed by atoms with E-state index < -0.39 is 0 Å². The van der Waals surface area contributed by atoms with Crippen molar-refractivity contribution in [3.05, 3.63) is 34.9 Å². The molecule has 2 amide bonds. The minimum Gasteiger partial charge on any atom is -0.472 e. The quantitative estimate of drug-likeness (QED) is 0.942. The van der Waals surface area contributed by atoms with E-state index in [4.69, 9.17) is 16.3 Å². The highest BCUT2D eigenvalue weighted by Crippen LogP contribution is 2.21. The monoisotopic (exact) mass is 312 g/mol. The molecule has 0 saturated heterocycles. The van der Waals surface area contributed by atoms with Crippen LogP contribution in [0.3, 0.4) is 0 Å². The molecule has 8 heteroatoms. The number of rotatable bonds is 4. The van der Waals surface area contributed by atoms with Crippen molar-refractivity contribution in [3.8, 4) is 5.19 Å². The van der Waals surface area contributed by atoms with Gasteiger partial charge in [0.05, 0.1) is 7.11 Å². The Morgan fingerprint density at radius 1 is 1.50 bits per heavy atom. The van der Waals surface area contributed by atoms with Crippen LogP contribution < -0.4 is 10.1 Å². The zero-order valence-corrected chi connectivity index (χ0v) is 12.5. The number of nitrogens with one attached hydrogen (secondary N) is 1. The molecule has 1 aromatic heterocycles. The van der Waals surface area contributed by atoms with Crippen molar-refractivity contribution in [2.75, 3.05) is 19.5 Å². The Morgan fingerprint density at radius 3 is 2.95 bits per heavy atom. The molecule has 1 aromatic carbocycles. The third-order valence-corrected chi connectivity index (χ3v) is 3.49. The van der Waals surface area contributed by atoms with Gasteiger partial charge in [0.1, 0.15) is 0 Å². The lowest BCUT2D eigenvalue weighted by Gasteiger charge is -2.16. The Labute approximate surface area is 125 Å². The molecule has 0 aliphatic carbocycles.